The molecule has 7 heteroatoms. The van der Waals surface area contributed by atoms with Crippen LogP contribution in [0.2, 0.25) is 0 Å². The van der Waals surface area contributed by atoms with Crippen molar-refractivity contribution in [3.63, 3.8) is 0 Å². The smallest absolute Gasteiger partial charge is 0.235 e. The highest BCUT2D eigenvalue weighted by Gasteiger charge is 2.56. The maximum atomic E-state index is 13.9. The molecule has 3 aromatic rings. The number of Topliss-reactive ketones (excluding diaryl/α,β-unsaturated/α-hetero) is 1. The second kappa shape index (κ2) is 11.4. The molecule has 0 spiro atoms. The normalized spacial score (nSPS) is 22.8. The number of ketones is 1. The zero-order valence-electron chi connectivity index (χ0n) is 23.0. The highest BCUT2D eigenvalue weighted by atomic mass is 16.5. The molecular weight excluding hydrogens is 492 g/mol. The van der Waals surface area contributed by atoms with E-state index in [-0.39, 0.29) is 12.5 Å². The number of carbonyl (C=O) groups is 3. The van der Waals surface area contributed by atoms with Gasteiger partial charge in [0, 0.05) is 23.7 Å². The van der Waals surface area contributed by atoms with Crippen molar-refractivity contribution in [2.75, 3.05) is 10.6 Å². The van der Waals surface area contributed by atoms with Gasteiger partial charge in [-0.15, -0.1) is 0 Å². The van der Waals surface area contributed by atoms with Gasteiger partial charge in [0.15, 0.2) is 0 Å². The summed E-state index contributed by atoms with van der Waals surface area (Å²) in [4.78, 5) is 41.2. The molecule has 4 atom stereocenters. The maximum Gasteiger partial charge on any atom is 0.235 e. The SMILES string of the molecule is Cc1ccccc1NC(=O)C1C(=O)CC(C)(O)C(C(=O)Nc2ccccc2C)C1c1ccc(OC(C)C)cc1. The number of ether oxygens (including phenoxy) is 1. The van der Waals surface area contributed by atoms with E-state index in [0.29, 0.717) is 22.7 Å². The van der Waals surface area contributed by atoms with Gasteiger partial charge in [-0.25, -0.2) is 0 Å². The lowest BCUT2D eigenvalue weighted by molar-refractivity contribution is -0.150. The van der Waals surface area contributed by atoms with Crippen molar-refractivity contribution < 1.29 is 24.2 Å². The molecular formula is C32H36N2O5. The third-order valence-electron chi connectivity index (χ3n) is 7.27. The van der Waals surface area contributed by atoms with Crippen LogP contribution < -0.4 is 15.4 Å². The van der Waals surface area contributed by atoms with Crippen LogP contribution in [0.15, 0.2) is 72.8 Å². The molecule has 0 bridgehead atoms. The van der Waals surface area contributed by atoms with Gasteiger partial charge in [-0.2, -0.15) is 0 Å². The topological polar surface area (TPSA) is 105 Å². The number of hydrogen-bond donors (Lipinski definition) is 3. The third kappa shape index (κ3) is 6.20. The number of hydrogen-bond acceptors (Lipinski definition) is 5. The molecule has 0 saturated heterocycles. The lowest BCUT2D eigenvalue weighted by Gasteiger charge is -2.44. The lowest BCUT2D eigenvalue weighted by atomic mass is 9.61. The van der Waals surface area contributed by atoms with Gasteiger partial charge in [0.25, 0.3) is 0 Å². The Morgan fingerprint density at radius 3 is 1.90 bits per heavy atom. The molecule has 4 rings (SSSR count). The van der Waals surface area contributed by atoms with Gasteiger partial charge in [-0.1, -0.05) is 48.5 Å². The predicted octanol–water partition coefficient (Wildman–Crippen LogP) is 5.41. The van der Waals surface area contributed by atoms with Gasteiger partial charge >= 0.3 is 0 Å². The Labute approximate surface area is 229 Å². The highest BCUT2D eigenvalue weighted by Crippen LogP contribution is 2.47. The number of anilines is 2. The van der Waals surface area contributed by atoms with Crippen LogP contribution in [0.1, 0.15) is 49.8 Å². The first kappa shape index (κ1) is 28.0. The minimum absolute atomic E-state index is 0.0341. The molecule has 7 nitrogen and oxygen atoms in total. The van der Waals surface area contributed by atoms with Crippen molar-refractivity contribution in [3.05, 3.63) is 89.5 Å². The Balaban J connectivity index is 1.78. The van der Waals surface area contributed by atoms with E-state index in [1.165, 1.54) is 6.92 Å². The number of carbonyl (C=O) groups excluding carboxylic acids is 3. The number of nitrogens with one attached hydrogen (secondary N) is 2. The summed E-state index contributed by atoms with van der Waals surface area (Å²) in [6.45, 7) is 9.07. The van der Waals surface area contributed by atoms with E-state index >= 15 is 0 Å². The van der Waals surface area contributed by atoms with Crippen LogP contribution >= 0.6 is 0 Å². The zero-order valence-corrected chi connectivity index (χ0v) is 23.0. The van der Waals surface area contributed by atoms with Crippen LogP contribution in [-0.2, 0) is 14.4 Å². The molecule has 4 unspecified atom stereocenters. The monoisotopic (exact) mass is 528 g/mol. The molecule has 0 aliphatic heterocycles. The summed E-state index contributed by atoms with van der Waals surface area (Å²) in [7, 11) is 0. The summed E-state index contributed by atoms with van der Waals surface area (Å²) in [5.41, 5.74) is 1.82. The van der Waals surface area contributed by atoms with E-state index < -0.39 is 41.0 Å². The maximum absolute atomic E-state index is 13.9. The van der Waals surface area contributed by atoms with Crippen LogP contribution in [-0.4, -0.2) is 34.4 Å². The summed E-state index contributed by atoms with van der Waals surface area (Å²) in [5, 5.41) is 17.4. The van der Waals surface area contributed by atoms with Crippen molar-refractivity contribution >= 4 is 29.0 Å². The Morgan fingerprint density at radius 1 is 0.872 bits per heavy atom. The summed E-state index contributed by atoms with van der Waals surface area (Å²) >= 11 is 0. The number of rotatable bonds is 7. The molecule has 1 aliphatic carbocycles. The second-order valence-corrected chi connectivity index (χ2v) is 10.8. The molecule has 3 aromatic carbocycles. The first-order valence-corrected chi connectivity index (χ1v) is 13.2. The van der Waals surface area contributed by atoms with Gasteiger partial charge < -0.3 is 20.5 Å². The van der Waals surface area contributed by atoms with Crippen molar-refractivity contribution in [2.45, 2.75) is 58.7 Å². The molecule has 1 saturated carbocycles. The summed E-state index contributed by atoms with van der Waals surface area (Å²) in [6, 6.07) is 21.7. The molecule has 1 fully saturated rings. The minimum atomic E-state index is -1.68. The Morgan fingerprint density at radius 2 is 1.38 bits per heavy atom. The Hall–Kier alpha value is -3.97. The summed E-state index contributed by atoms with van der Waals surface area (Å²) in [5.74, 6) is -3.94. The molecule has 204 valence electrons. The van der Waals surface area contributed by atoms with Gasteiger partial charge in [0.2, 0.25) is 11.8 Å². The van der Waals surface area contributed by atoms with Crippen LogP contribution in [0, 0.1) is 25.7 Å². The fourth-order valence-corrected chi connectivity index (χ4v) is 5.38. The largest absolute Gasteiger partial charge is 0.491 e. The average molecular weight is 529 g/mol. The summed E-state index contributed by atoms with van der Waals surface area (Å²) in [6.07, 6.45) is -0.358. The molecule has 1 aliphatic rings. The van der Waals surface area contributed by atoms with E-state index in [4.69, 9.17) is 4.74 Å². The molecule has 0 radical (unpaired) electrons. The first-order valence-electron chi connectivity index (χ1n) is 13.2. The summed E-state index contributed by atoms with van der Waals surface area (Å²) < 4.78 is 5.78. The zero-order chi connectivity index (χ0) is 28.3. The Kier molecular flexibility index (Phi) is 8.21. The van der Waals surface area contributed by atoms with E-state index in [1.807, 2.05) is 58.0 Å². The fourth-order valence-electron chi connectivity index (χ4n) is 5.38. The average Bonchev–Trinajstić information content (AvgIpc) is 2.86. The van der Waals surface area contributed by atoms with Gasteiger partial charge in [0.05, 0.1) is 17.6 Å². The van der Waals surface area contributed by atoms with Crippen LogP contribution in [0.5, 0.6) is 5.75 Å². The molecule has 0 aromatic heterocycles. The fraction of sp³-hybridized carbons (Fsp3) is 0.344. The van der Waals surface area contributed by atoms with Crippen molar-refractivity contribution in [2.24, 2.45) is 11.8 Å². The van der Waals surface area contributed by atoms with Gasteiger partial charge in [-0.05, 0) is 75.6 Å². The molecule has 39 heavy (non-hydrogen) atoms. The molecule has 3 N–H and O–H groups in total. The van der Waals surface area contributed by atoms with Crippen LogP contribution in [0.4, 0.5) is 11.4 Å². The van der Waals surface area contributed by atoms with E-state index in [1.54, 1.807) is 42.5 Å². The number of aryl methyl sites for hydroxylation is 2. The number of amides is 2. The van der Waals surface area contributed by atoms with Gasteiger partial charge in [-0.3, -0.25) is 14.4 Å². The standard InChI is InChI=1S/C32H36N2O5/c1-19(2)39-23-16-14-22(15-17-23)27-28(30(36)33-24-12-8-6-10-20(24)3)26(35)18-32(5,38)29(27)31(37)34-25-13-9-7-11-21(25)4/h6-17,19,27-29,38H,18H2,1-5H3,(H,33,36)(H,34,37). The number of aliphatic hydroxyl groups is 1. The van der Waals surface area contributed by atoms with Crippen molar-refractivity contribution in [1.82, 2.24) is 0 Å². The van der Waals surface area contributed by atoms with E-state index in [0.717, 1.165) is 11.1 Å². The molecule has 0 heterocycles. The van der Waals surface area contributed by atoms with Gasteiger partial charge in [0.1, 0.15) is 17.5 Å². The number of benzene rings is 3. The minimum Gasteiger partial charge on any atom is -0.491 e. The predicted molar refractivity (Wildman–Crippen MR) is 152 cm³/mol. The third-order valence-corrected chi connectivity index (χ3v) is 7.27. The van der Waals surface area contributed by atoms with E-state index in [9.17, 15) is 19.5 Å². The van der Waals surface area contributed by atoms with Crippen LogP contribution in [0.3, 0.4) is 0 Å². The highest BCUT2D eigenvalue weighted by molar-refractivity contribution is 6.10. The Bertz CT molecular complexity index is 1360. The van der Waals surface area contributed by atoms with Crippen molar-refractivity contribution in [1.29, 1.82) is 0 Å². The quantitative estimate of drug-likeness (QED) is 0.356. The van der Waals surface area contributed by atoms with E-state index in [2.05, 4.69) is 10.6 Å². The first-order chi connectivity index (χ1) is 18.5. The lowest BCUT2D eigenvalue weighted by Crippen LogP contribution is -2.56. The molecule has 2 amide bonds. The second-order valence-electron chi connectivity index (χ2n) is 10.8. The van der Waals surface area contributed by atoms with Crippen LogP contribution in [0.25, 0.3) is 0 Å². The van der Waals surface area contributed by atoms with Crippen molar-refractivity contribution in [3.8, 4) is 5.75 Å². The number of para-hydroxylation sites is 2.